The van der Waals surface area contributed by atoms with E-state index in [1.54, 1.807) is 17.5 Å². The zero-order chi connectivity index (χ0) is 28.5. The number of nitrogens with zero attached hydrogens (tertiary/aromatic N) is 4. The Morgan fingerprint density at radius 3 is 2.67 bits per heavy atom. The van der Waals surface area contributed by atoms with Crippen LogP contribution in [0.5, 0.6) is 0 Å². The van der Waals surface area contributed by atoms with Gasteiger partial charge >= 0.3 is 0 Å². The van der Waals surface area contributed by atoms with Gasteiger partial charge in [0.2, 0.25) is 0 Å². The zero-order valence-electron chi connectivity index (χ0n) is 23.3. The highest BCUT2D eigenvalue weighted by atomic mass is 32.1. The van der Waals surface area contributed by atoms with Gasteiger partial charge in [0.05, 0.1) is 31.1 Å². The molecule has 0 radical (unpaired) electrons. The van der Waals surface area contributed by atoms with E-state index in [4.69, 9.17) is 14.1 Å². The van der Waals surface area contributed by atoms with Crippen LogP contribution in [0.25, 0.3) is 11.3 Å². The predicted molar refractivity (Wildman–Crippen MR) is 160 cm³/mol. The van der Waals surface area contributed by atoms with Crippen LogP contribution in [0.1, 0.15) is 62.2 Å². The van der Waals surface area contributed by atoms with Gasteiger partial charge in [-0.2, -0.15) is 0 Å². The van der Waals surface area contributed by atoms with E-state index in [0.717, 1.165) is 75.2 Å². The van der Waals surface area contributed by atoms with E-state index >= 15 is 0 Å². The first-order valence-corrected chi connectivity index (χ1v) is 15.5. The lowest BCUT2D eigenvalue weighted by Gasteiger charge is -2.36. The van der Waals surface area contributed by atoms with Crippen molar-refractivity contribution in [2.24, 2.45) is 0 Å². The molecule has 4 aromatic rings. The second-order valence-electron chi connectivity index (χ2n) is 11.1. The highest BCUT2D eigenvalue weighted by Gasteiger charge is 2.32. The molecule has 2 aromatic carbocycles. The van der Waals surface area contributed by atoms with Crippen molar-refractivity contribution in [2.45, 2.75) is 44.2 Å². The van der Waals surface area contributed by atoms with Crippen molar-refractivity contribution in [2.75, 3.05) is 38.2 Å². The number of rotatable bonds is 6. The topological polar surface area (TPSA) is 101 Å². The number of fused-ring (bicyclic) bond motifs is 1. The maximum Gasteiger partial charge on any atom is 0.257 e. The number of hydrogen-bond donors (Lipinski definition) is 1. The Labute approximate surface area is 248 Å². The maximum atomic E-state index is 13.5. The van der Waals surface area contributed by atoms with Gasteiger partial charge in [0.15, 0.2) is 17.3 Å². The molecule has 2 aromatic heterocycles. The molecule has 0 bridgehead atoms. The van der Waals surface area contributed by atoms with Gasteiger partial charge in [0.25, 0.3) is 11.8 Å². The van der Waals surface area contributed by atoms with Crippen molar-refractivity contribution >= 4 is 28.3 Å². The molecule has 0 unspecified atom stereocenters. The van der Waals surface area contributed by atoms with Crippen LogP contribution in [0.15, 0.2) is 65.5 Å². The standard InChI is InChI=1S/C32H33N5O4S/c38-30(35-32-34-26-11-10-25(18-29(26)42-32)36-13-15-40-16-14-36)24-4-1-3-23(17-24)27-5-2-12-37(27)31(39)22-8-6-21(7-9-22)28-19-33-20-41-28/h1,3-4,6-9,17,19-20,25,27H,2,5,10-16,18H2,(H,34,35,38)/t25-,27+/m0/s1. The van der Waals surface area contributed by atoms with E-state index in [2.05, 4.69) is 15.2 Å². The quantitative estimate of drug-likeness (QED) is 0.332. The summed E-state index contributed by atoms with van der Waals surface area (Å²) in [6.45, 7) is 4.26. The summed E-state index contributed by atoms with van der Waals surface area (Å²) in [5, 5.41) is 3.70. The number of thiazole rings is 1. The van der Waals surface area contributed by atoms with Crippen LogP contribution < -0.4 is 5.32 Å². The summed E-state index contributed by atoms with van der Waals surface area (Å²) in [5.74, 6) is 0.477. The Hall–Kier alpha value is -3.86. The fraction of sp³-hybridized carbons (Fsp3) is 0.375. The van der Waals surface area contributed by atoms with E-state index < -0.39 is 0 Å². The predicted octanol–water partition coefficient (Wildman–Crippen LogP) is 5.22. The van der Waals surface area contributed by atoms with Crippen molar-refractivity contribution in [3.8, 4) is 11.3 Å². The van der Waals surface area contributed by atoms with Crippen LogP contribution in [-0.4, -0.2) is 70.5 Å². The molecule has 1 N–H and O–H groups in total. The van der Waals surface area contributed by atoms with Gasteiger partial charge in [0, 0.05) is 47.2 Å². The van der Waals surface area contributed by atoms with Crippen LogP contribution in [0, 0.1) is 0 Å². The van der Waals surface area contributed by atoms with Gasteiger partial charge < -0.3 is 14.1 Å². The molecule has 7 rings (SSSR count). The molecule has 9 nitrogen and oxygen atoms in total. The van der Waals surface area contributed by atoms with E-state index in [-0.39, 0.29) is 17.9 Å². The number of oxazole rings is 1. The molecule has 2 amide bonds. The molecule has 1 aliphatic carbocycles. The number of benzene rings is 2. The number of carbonyl (C=O) groups is 2. The Balaban J connectivity index is 1.02. The molecule has 2 saturated heterocycles. The molecular weight excluding hydrogens is 550 g/mol. The summed E-state index contributed by atoms with van der Waals surface area (Å²) in [6, 6.07) is 15.5. The van der Waals surface area contributed by atoms with Gasteiger partial charge in [0.1, 0.15) is 0 Å². The van der Waals surface area contributed by atoms with E-state index in [9.17, 15) is 9.59 Å². The zero-order valence-corrected chi connectivity index (χ0v) is 24.1. The van der Waals surface area contributed by atoms with E-state index in [1.807, 2.05) is 53.4 Å². The maximum absolute atomic E-state index is 13.5. The van der Waals surface area contributed by atoms with Crippen molar-refractivity contribution in [3.63, 3.8) is 0 Å². The number of nitrogens with one attached hydrogen (secondary N) is 1. The van der Waals surface area contributed by atoms with Gasteiger partial charge in [-0.15, -0.1) is 11.3 Å². The summed E-state index contributed by atoms with van der Waals surface area (Å²) in [5.41, 5.74) is 4.16. The number of morpholine rings is 1. The van der Waals surface area contributed by atoms with E-state index in [1.165, 1.54) is 11.3 Å². The monoisotopic (exact) mass is 583 g/mol. The van der Waals surface area contributed by atoms with Gasteiger partial charge in [-0.05, 0) is 61.9 Å². The second-order valence-corrected chi connectivity index (χ2v) is 12.2. The molecule has 4 heterocycles. The number of aryl methyl sites for hydroxylation is 1. The average molecular weight is 584 g/mol. The number of aromatic nitrogens is 2. The number of amides is 2. The summed E-state index contributed by atoms with van der Waals surface area (Å²) >= 11 is 1.59. The smallest absolute Gasteiger partial charge is 0.257 e. The minimum Gasteiger partial charge on any atom is -0.444 e. The van der Waals surface area contributed by atoms with Crippen LogP contribution >= 0.6 is 11.3 Å². The van der Waals surface area contributed by atoms with Crippen molar-refractivity contribution in [1.29, 1.82) is 0 Å². The summed E-state index contributed by atoms with van der Waals surface area (Å²) < 4.78 is 10.9. The number of carbonyl (C=O) groups excluding carboxylic acids is 2. The molecule has 0 saturated carbocycles. The van der Waals surface area contributed by atoms with E-state index in [0.29, 0.717) is 34.6 Å². The van der Waals surface area contributed by atoms with Crippen LogP contribution in [-0.2, 0) is 17.6 Å². The first kappa shape index (κ1) is 27.0. The van der Waals surface area contributed by atoms with Crippen LogP contribution in [0.2, 0.25) is 0 Å². The molecule has 42 heavy (non-hydrogen) atoms. The number of likely N-dealkylation sites (tertiary alicyclic amines) is 1. The summed E-state index contributed by atoms with van der Waals surface area (Å²) in [4.78, 5) is 41.3. The molecule has 0 spiro atoms. The normalized spacial score (nSPS) is 20.8. The van der Waals surface area contributed by atoms with Crippen LogP contribution in [0.3, 0.4) is 0 Å². The third-order valence-electron chi connectivity index (χ3n) is 8.59. The minimum absolute atomic E-state index is 0.0137. The molecule has 2 fully saturated rings. The molecule has 10 heteroatoms. The molecular formula is C32H33N5O4S. The van der Waals surface area contributed by atoms with Gasteiger partial charge in [-0.1, -0.05) is 24.3 Å². The van der Waals surface area contributed by atoms with Gasteiger partial charge in [-0.3, -0.25) is 19.8 Å². The SMILES string of the molecule is O=C(Nc1nc2c(s1)C[C@@H](N1CCOCC1)CC2)c1cccc([C@H]2CCCN2C(=O)c2ccc(-c3cnco3)cc2)c1. The third-order valence-corrected chi connectivity index (χ3v) is 9.63. The van der Waals surface area contributed by atoms with Crippen molar-refractivity contribution in [3.05, 3.63) is 88.4 Å². The second kappa shape index (κ2) is 11.8. The number of hydrogen-bond acceptors (Lipinski definition) is 8. The lowest BCUT2D eigenvalue weighted by atomic mass is 9.96. The largest absolute Gasteiger partial charge is 0.444 e. The fourth-order valence-corrected chi connectivity index (χ4v) is 7.45. The number of anilines is 1. The highest BCUT2D eigenvalue weighted by molar-refractivity contribution is 7.15. The van der Waals surface area contributed by atoms with Crippen molar-refractivity contribution < 1.29 is 18.7 Å². The lowest BCUT2D eigenvalue weighted by Crippen LogP contribution is -2.45. The lowest BCUT2D eigenvalue weighted by molar-refractivity contribution is 0.0139. The summed E-state index contributed by atoms with van der Waals surface area (Å²) in [6.07, 6.45) is 7.83. The molecule has 216 valence electrons. The highest BCUT2D eigenvalue weighted by Crippen LogP contribution is 2.35. The summed E-state index contributed by atoms with van der Waals surface area (Å²) in [7, 11) is 0. The average Bonchev–Trinajstić information content (AvgIpc) is 3.82. The number of ether oxygens (including phenoxy) is 1. The Bertz CT molecular complexity index is 1560. The van der Waals surface area contributed by atoms with Crippen LogP contribution in [0.4, 0.5) is 5.13 Å². The molecule has 2 aliphatic heterocycles. The molecule has 3 aliphatic rings. The molecule has 2 atom stereocenters. The third kappa shape index (κ3) is 5.49. The first-order valence-electron chi connectivity index (χ1n) is 14.6. The first-order chi connectivity index (χ1) is 20.6. The van der Waals surface area contributed by atoms with Gasteiger partial charge in [-0.25, -0.2) is 9.97 Å². The Morgan fingerprint density at radius 2 is 1.86 bits per heavy atom. The van der Waals surface area contributed by atoms with Crippen molar-refractivity contribution in [1.82, 2.24) is 19.8 Å². The Kier molecular flexibility index (Phi) is 7.58. The fourth-order valence-electron chi connectivity index (χ4n) is 6.38. The Morgan fingerprint density at radius 1 is 1.00 bits per heavy atom. The minimum atomic E-state index is -0.174.